The van der Waals surface area contributed by atoms with E-state index >= 15 is 0 Å². The molecular weight excluding hydrogens is 239 g/mol. The van der Waals surface area contributed by atoms with Crippen LogP contribution in [0.3, 0.4) is 0 Å². The van der Waals surface area contributed by atoms with Crippen LogP contribution in [-0.2, 0) is 6.54 Å². The molecule has 1 atom stereocenters. The van der Waals surface area contributed by atoms with E-state index in [9.17, 15) is 4.39 Å². The zero-order chi connectivity index (χ0) is 13.7. The van der Waals surface area contributed by atoms with Gasteiger partial charge in [-0.1, -0.05) is 25.5 Å². The summed E-state index contributed by atoms with van der Waals surface area (Å²) in [5.41, 5.74) is 1.18. The lowest BCUT2D eigenvalue weighted by Crippen LogP contribution is -2.40. The van der Waals surface area contributed by atoms with Crippen LogP contribution in [-0.4, -0.2) is 30.6 Å². The molecule has 1 unspecified atom stereocenters. The lowest BCUT2D eigenvalue weighted by Gasteiger charge is -2.28. The Balaban J connectivity index is 1.85. The van der Waals surface area contributed by atoms with Crippen molar-refractivity contribution in [2.75, 3.05) is 13.6 Å². The Kier molecular flexibility index (Phi) is 5.34. The maximum atomic E-state index is 12.9. The highest BCUT2D eigenvalue weighted by Crippen LogP contribution is 2.19. The molecule has 1 aromatic rings. The minimum atomic E-state index is -0.160. The average molecular weight is 264 g/mol. The first-order valence-electron chi connectivity index (χ1n) is 7.37. The van der Waals surface area contributed by atoms with Gasteiger partial charge in [0.1, 0.15) is 5.82 Å². The summed E-state index contributed by atoms with van der Waals surface area (Å²) in [7, 11) is 2.16. The summed E-state index contributed by atoms with van der Waals surface area (Å²) in [5.74, 6) is -0.160. The predicted molar refractivity (Wildman–Crippen MR) is 77.6 cm³/mol. The molecule has 0 radical (unpaired) electrons. The van der Waals surface area contributed by atoms with Crippen LogP contribution in [0.5, 0.6) is 0 Å². The predicted octanol–water partition coefficient (Wildman–Crippen LogP) is 3.18. The van der Waals surface area contributed by atoms with E-state index in [1.807, 2.05) is 12.1 Å². The van der Waals surface area contributed by atoms with Crippen LogP contribution in [0.15, 0.2) is 24.3 Å². The molecule has 0 aromatic heterocycles. The maximum Gasteiger partial charge on any atom is 0.123 e. The van der Waals surface area contributed by atoms with E-state index in [4.69, 9.17) is 0 Å². The van der Waals surface area contributed by atoms with Gasteiger partial charge in [-0.25, -0.2) is 4.39 Å². The molecule has 106 valence electrons. The Bertz CT molecular complexity index is 373. The Hall–Kier alpha value is -0.930. The third kappa shape index (κ3) is 4.92. The summed E-state index contributed by atoms with van der Waals surface area (Å²) in [6.07, 6.45) is 5.07. The van der Waals surface area contributed by atoms with Crippen LogP contribution in [0.25, 0.3) is 0 Å². The maximum absolute atomic E-state index is 12.9. The van der Waals surface area contributed by atoms with Crippen molar-refractivity contribution in [1.29, 1.82) is 0 Å². The number of hydrogen-bond donors (Lipinski definition) is 1. The molecule has 0 heterocycles. The van der Waals surface area contributed by atoms with Crippen LogP contribution >= 0.6 is 0 Å². The fraction of sp³-hybridized carbons (Fsp3) is 0.625. The molecule has 0 aliphatic heterocycles. The molecule has 0 bridgehead atoms. The minimum Gasteiger partial charge on any atom is -0.312 e. The van der Waals surface area contributed by atoms with Gasteiger partial charge in [0.25, 0.3) is 0 Å². The molecule has 2 rings (SSSR count). The van der Waals surface area contributed by atoms with E-state index in [-0.39, 0.29) is 5.82 Å². The summed E-state index contributed by atoms with van der Waals surface area (Å²) in [6, 6.07) is 8.17. The first-order valence-corrected chi connectivity index (χ1v) is 7.37. The smallest absolute Gasteiger partial charge is 0.123 e. The summed E-state index contributed by atoms with van der Waals surface area (Å²) in [6.45, 7) is 4.18. The van der Waals surface area contributed by atoms with Crippen LogP contribution in [0, 0.1) is 5.82 Å². The van der Waals surface area contributed by atoms with Crippen molar-refractivity contribution in [3.05, 3.63) is 35.6 Å². The largest absolute Gasteiger partial charge is 0.312 e. The second-order valence-corrected chi connectivity index (χ2v) is 5.67. The van der Waals surface area contributed by atoms with Gasteiger partial charge in [0, 0.05) is 25.2 Å². The van der Waals surface area contributed by atoms with Crippen molar-refractivity contribution >= 4 is 0 Å². The van der Waals surface area contributed by atoms with Gasteiger partial charge in [0.15, 0.2) is 0 Å². The summed E-state index contributed by atoms with van der Waals surface area (Å²) < 4.78 is 12.9. The highest BCUT2D eigenvalue weighted by Gasteiger charge is 2.23. The minimum absolute atomic E-state index is 0.160. The molecular formula is C16H25FN2. The van der Waals surface area contributed by atoms with Gasteiger partial charge in [-0.15, -0.1) is 0 Å². The lowest BCUT2D eigenvalue weighted by molar-refractivity contribution is 0.214. The topological polar surface area (TPSA) is 15.3 Å². The van der Waals surface area contributed by atoms with Crippen LogP contribution in [0.4, 0.5) is 4.39 Å². The Morgan fingerprint density at radius 3 is 2.58 bits per heavy atom. The van der Waals surface area contributed by atoms with Gasteiger partial charge in [-0.05, 0) is 44.0 Å². The van der Waals surface area contributed by atoms with Crippen molar-refractivity contribution in [2.24, 2.45) is 0 Å². The van der Waals surface area contributed by atoms with E-state index < -0.39 is 0 Å². The molecule has 19 heavy (non-hydrogen) atoms. The molecule has 1 N–H and O–H groups in total. The first kappa shape index (κ1) is 14.5. The summed E-state index contributed by atoms with van der Waals surface area (Å²) in [5, 5.41) is 3.62. The third-order valence-electron chi connectivity index (χ3n) is 3.81. The number of hydrogen-bond acceptors (Lipinski definition) is 2. The molecule has 1 saturated carbocycles. The average Bonchev–Trinajstić information content (AvgIpc) is 3.21. The van der Waals surface area contributed by atoms with E-state index in [1.165, 1.54) is 31.2 Å². The fourth-order valence-corrected chi connectivity index (χ4v) is 2.41. The van der Waals surface area contributed by atoms with Crippen molar-refractivity contribution < 1.29 is 4.39 Å². The number of likely N-dealkylation sites (N-methyl/N-ethyl adjacent to an activating group) is 1. The quantitative estimate of drug-likeness (QED) is 0.776. The van der Waals surface area contributed by atoms with Gasteiger partial charge < -0.3 is 5.32 Å². The number of halogens is 1. The summed E-state index contributed by atoms with van der Waals surface area (Å²) >= 11 is 0. The third-order valence-corrected chi connectivity index (χ3v) is 3.81. The molecule has 0 spiro atoms. The van der Waals surface area contributed by atoms with Gasteiger partial charge >= 0.3 is 0 Å². The molecule has 0 amide bonds. The monoisotopic (exact) mass is 264 g/mol. The van der Waals surface area contributed by atoms with Gasteiger partial charge in [0.2, 0.25) is 0 Å². The normalized spacial score (nSPS) is 16.8. The molecule has 1 aromatic carbocycles. The standard InChI is InChI=1S/C16H25FN2/c1-3-4-16(11-18-15-9-10-15)19(2)12-13-5-7-14(17)8-6-13/h5-8,15-16,18H,3-4,9-12H2,1-2H3. The Morgan fingerprint density at radius 1 is 1.32 bits per heavy atom. The van der Waals surface area contributed by atoms with Crippen LogP contribution in [0.1, 0.15) is 38.2 Å². The summed E-state index contributed by atoms with van der Waals surface area (Å²) in [4.78, 5) is 2.38. The molecule has 2 nitrogen and oxygen atoms in total. The van der Waals surface area contributed by atoms with Crippen LogP contribution in [0.2, 0.25) is 0 Å². The van der Waals surface area contributed by atoms with E-state index in [1.54, 1.807) is 12.1 Å². The second kappa shape index (κ2) is 7.01. The van der Waals surface area contributed by atoms with E-state index in [0.29, 0.717) is 6.04 Å². The Morgan fingerprint density at radius 2 is 2.00 bits per heavy atom. The Labute approximate surface area is 116 Å². The molecule has 1 aliphatic rings. The number of benzene rings is 1. The molecule has 1 fully saturated rings. The zero-order valence-corrected chi connectivity index (χ0v) is 12.0. The fourth-order valence-electron chi connectivity index (χ4n) is 2.41. The van der Waals surface area contributed by atoms with Gasteiger partial charge in [0.05, 0.1) is 0 Å². The van der Waals surface area contributed by atoms with E-state index in [2.05, 4.69) is 24.2 Å². The van der Waals surface area contributed by atoms with Gasteiger partial charge in [-0.3, -0.25) is 4.90 Å². The molecule has 0 saturated heterocycles. The van der Waals surface area contributed by atoms with Gasteiger partial charge in [-0.2, -0.15) is 0 Å². The SMILES string of the molecule is CCCC(CNC1CC1)N(C)Cc1ccc(F)cc1. The van der Waals surface area contributed by atoms with Crippen LogP contribution < -0.4 is 5.32 Å². The number of nitrogens with zero attached hydrogens (tertiary/aromatic N) is 1. The first-order chi connectivity index (χ1) is 9.19. The molecule has 3 heteroatoms. The number of rotatable bonds is 8. The van der Waals surface area contributed by atoms with E-state index in [0.717, 1.165) is 19.1 Å². The highest BCUT2D eigenvalue weighted by atomic mass is 19.1. The highest BCUT2D eigenvalue weighted by molar-refractivity contribution is 5.15. The second-order valence-electron chi connectivity index (χ2n) is 5.67. The van der Waals surface area contributed by atoms with Crippen molar-refractivity contribution in [3.63, 3.8) is 0 Å². The lowest BCUT2D eigenvalue weighted by atomic mass is 10.1. The molecule has 1 aliphatic carbocycles. The number of nitrogens with one attached hydrogen (secondary N) is 1. The van der Waals surface area contributed by atoms with Crippen molar-refractivity contribution in [3.8, 4) is 0 Å². The van der Waals surface area contributed by atoms with Crippen molar-refractivity contribution in [2.45, 2.75) is 51.2 Å². The zero-order valence-electron chi connectivity index (χ0n) is 12.0. The van der Waals surface area contributed by atoms with Crippen molar-refractivity contribution in [1.82, 2.24) is 10.2 Å².